The van der Waals surface area contributed by atoms with Crippen molar-refractivity contribution >= 4 is 39.3 Å². The lowest BCUT2D eigenvalue weighted by Crippen LogP contribution is -2.15. The highest BCUT2D eigenvalue weighted by molar-refractivity contribution is 9.10. The van der Waals surface area contributed by atoms with Crippen LogP contribution in [0.2, 0.25) is 0 Å². The van der Waals surface area contributed by atoms with Gasteiger partial charge in [0.2, 0.25) is 5.91 Å². The SMILES string of the molecule is C=CCn1c(SCC(=O)Nc2ccc(Br)c(C)c2C)nnc1-c1cccc(C)c1. The predicted molar refractivity (Wildman–Crippen MR) is 123 cm³/mol. The number of nitrogens with one attached hydrogen (secondary N) is 1. The second-order valence-electron chi connectivity index (χ2n) is 6.76. The topological polar surface area (TPSA) is 59.8 Å². The molecule has 1 heterocycles. The van der Waals surface area contributed by atoms with Gasteiger partial charge in [-0.15, -0.1) is 16.8 Å². The van der Waals surface area contributed by atoms with E-state index in [1.165, 1.54) is 11.8 Å². The van der Waals surface area contributed by atoms with Gasteiger partial charge >= 0.3 is 0 Å². The van der Waals surface area contributed by atoms with Crippen LogP contribution in [0.25, 0.3) is 11.4 Å². The highest BCUT2D eigenvalue weighted by Crippen LogP contribution is 2.27. The second-order valence-corrected chi connectivity index (χ2v) is 8.55. The van der Waals surface area contributed by atoms with E-state index in [-0.39, 0.29) is 11.7 Å². The average Bonchev–Trinajstić information content (AvgIpc) is 3.10. The first-order chi connectivity index (χ1) is 13.9. The van der Waals surface area contributed by atoms with E-state index in [1.807, 2.05) is 55.7 Å². The summed E-state index contributed by atoms with van der Waals surface area (Å²) in [5, 5.41) is 12.3. The van der Waals surface area contributed by atoms with Crippen LogP contribution in [-0.4, -0.2) is 26.4 Å². The summed E-state index contributed by atoms with van der Waals surface area (Å²) < 4.78 is 3.01. The summed E-state index contributed by atoms with van der Waals surface area (Å²) >= 11 is 4.88. The van der Waals surface area contributed by atoms with Crippen LogP contribution in [0.5, 0.6) is 0 Å². The zero-order valence-electron chi connectivity index (χ0n) is 16.7. The van der Waals surface area contributed by atoms with Crippen LogP contribution in [0.15, 0.2) is 58.7 Å². The number of carbonyl (C=O) groups excluding carboxylic acids is 1. The fraction of sp³-hybridized carbons (Fsp3) is 0.227. The Hall–Kier alpha value is -2.38. The number of allylic oxidation sites excluding steroid dienone is 1. The van der Waals surface area contributed by atoms with Crippen LogP contribution in [0.4, 0.5) is 5.69 Å². The van der Waals surface area contributed by atoms with E-state index in [4.69, 9.17) is 0 Å². The molecule has 3 rings (SSSR count). The largest absolute Gasteiger partial charge is 0.325 e. The van der Waals surface area contributed by atoms with Crippen molar-refractivity contribution in [2.45, 2.75) is 32.5 Å². The second kappa shape index (κ2) is 9.41. The fourth-order valence-corrected chi connectivity index (χ4v) is 4.10. The summed E-state index contributed by atoms with van der Waals surface area (Å²) in [5.74, 6) is 0.943. The van der Waals surface area contributed by atoms with E-state index in [0.717, 1.165) is 38.2 Å². The molecule has 0 spiro atoms. The highest BCUT2D eigenvalue weighted by atomic mass is 79.9. The normalized spacial score (nSPS) is 10.8. The Morgan fingerprint density at radius 3 is 2.72 bits per heavy atom. The number of hydrogen-bond donors (Lipinski definition) is 1. The maximum absolute atomic E-state index is 12.5. The van der Waals surface area contributed by atoms with Crippen molar-refractivity contribution in [2.75, 3.05) is 11.1 Å². The van der Waals surface area contributed by atoms with Gasteiger partial charge < -0.3 is 5.32 Å². The number of benzene rings is 2. The van der Waals surface area contributed by atoms with Gasteiger partial charge in [0.1, 0.15) is 0 Å². The zero-order valence-corrected chi connectivity index (χ0v) is 19.1. The van der Waals surface area contributed by atoms with Crippen LogP contribution in [0.1, 0.15) is 16.7 Å². The minimum absolute atomic E-state index is 0.0786. The van der Waals surface area contributed by atoms with Crippen molar-refractivity contribution in [3.8, 4) is 11.4 Å². The van der Waals surface area contributed by atoms with E-state index < -0.39 is 0 Å². The maximum atomic E-state index is 12.5. The molecule has 0 bridgehead atoms. The van der Waals surface area contributed by atoms with Crippen molar-refractivity contribution in [1.82, 2.24) is 14.8 Å². The number of anilines is 1. The molecule has 2 aromatic carbocycles. The molecule has 5 nitrogen and oxygen atoms in total. The molecule has 7 heteroatoms. The van der Waals surface area contributed by atoms with Gasteiger partial charge in [0.05, 0.1) is 5.75 Å². The van der Waals surface area contributed by atoms with Crippen LogP contribution in [0.3, 0.4) is 0 Å². The van der Waals surface area contributed by atoms with Gasteiger partial charge in [-0.1, -0.05) is 57.5 Å². The lowest BCUT2D eigenvalue weighted by atomic mass is 10.1. The number of rotatable bonds is 7. The summed E-state index contributed by atoms with van der Waals surface area (Å²) in [4.78, 5) is 12.5. The first-order valence-corrected chi connectivity index (χ1v) is 11.0. The van der Waals surface area contributed by atoms with Gasteiger partial charge in [0, 0.05) is 22.3 Å². The predicted octanol–water partition coefficient (Wildman–Crippen LogP) is 5.55. The molecule has 0 saturated heterocycles. The Balaban J connectivity index is 1.74. The molecule has 0 radical (unpaired) electrons. The van der Waals surface area contributed by atoms with Crippen molar-refractivity contribution in [3.05, 3.63) is 70.2 Å². The van der Waals surface area contributed by atoms with Crippen LogP contribution < -0.4 is 5.32 Å². The number of halogens is 1. The number of thioether (sulfide) groups is 1. The summed E-state index contributed by atoms with van der Waals surface area (Å²) in [7, 11) is 0. The monoisotopic (exact) mass is 470 g/mol. The lowest BCUT2D eigenvalue weighted by molar-refractivity contribution is -0.113. The number of aromatic nitrogens is 3. The fourth-order valence-electron chi connectivity index (χ4n) is 2.93. The number of amides is 1. The minimum Gasteiger partial charge on any atom is -0.325 e. The van der Waals surface area contributed by atoms with Crippen molar-refractivity contribution in [2.24, 2.45) is 0 Å². The first-order valence-electron chi connectivity index (χ1n) is 9.20. The van der Waals surface area contributed by atoms with Gasteiger partial charge in [0.15, 0.2) is 11.0 Å². The summed E-state index contributed by atoms with van der Waals surface area (Å²) in [5.41, 5.74) is 5.14. The average molecular weight is 471 g/mol. The number of carbonyl (C=O) groups is 1. The molecule has 0 fully saturated rings. The molecular formula is C22H23BrN4OS. The zero-order chi connectivity index (χ0) is 21.0. The molecule has 3 aromatic rings. The third kappa shape index (κ3) is 4.97. The molecule has 1 aromatic heterocycles. The maximum Gasteiger partial charge on any atom is 0.234 e. The third-order valence-corrected chi connectivity index (χ3v) is 6.46. The van der Waals surface area contributed by atoms with E-state index in [9.17, 15) is 4.79 Å². The van der Waals surface area contributed by atoms with Crippen molar-refractivity contribution in [3.63, 3.8) is 0 Å². The number of nitrogens with zero attached hydrogens (tertiary/aromatic N) is 3. The Labute approximate surface area is 183 Å². The summed E-state index contributed by atoms with van der Waals surface area (Å²) in [6, 6.07) is 12.0. The lowest BCUT2D eigenvalue weighted by Gasteiger charge is -2.12. The summed E-state index contributed by atoms with van der Waals surface area (Å²) in [6.07, 6.45) is 1.81. The molecule has 0 atom stereocenters. The van der Waals surface area contributed by atoms with E-state index >= 15 is 0 Å². The van der Waals surface area contributed by atoms with Gasteiger partial charge in [0.25, 0.3) is 0 Å². The van der Waals surface area contributed by atoms with Crippen LogP contribution >= 0.6 is 27.7 Å². The summed E-state index contributed by atoms with van der Waals surface area (Å²) in [6.45, 7) is 10.5. The Morgan fingerprint density at radius 1 is 1.21 bits per heavy atom. The Kier molecular flexibility index (Phi) is 6.92. The molecule has 0 aliphatic rings. The van der Waals surface area contributed by atoms with Gasteiger partial charge in [-0.2, -0.15) is 0 Å². The van der Waals surface area contributed by atoms with E-state index in [0.29, 0.717) is 11.7 Å². The third-order valence-electron chi connectivity index (χ3n) is 4.63. The molecular weight excluding hydrogens is 448 g/mol. The van der Waals surface area contributed by atoms with E-state index in [2.05, 4.69) is 44.1 Å². The molecule has 0 saturated carbocycles. The molecule has 150 valence electrons. The molecule has 29 heavy (non-hydrogen) atoms. The quantitative estimate of drug-likeness (QED) is 0.363. The number of aryl methyl sites for hydroxylation is 1. The highest BCUT2D eigenvalue weighted by Gasteiger charge is 2.16. The van der Waals surface area contributed by atoms with Gasteiger partial charge in [-0.3, -0.25) is 9.36 Å². The standard InChI is InChI=1S/C22H23BrN4OS/c1-5-11-27-21(17-8-6-7-14(2)12-17)25-26-22(27)29-13-20(28)24-19-10-9-18(23)15(3)16(19)4/h5-10,12H,1,11,13H2,2-4H3,(H,24,28). The minimum atomic E-state index is -0.0786. The first kappa shape index (κ1) is 21.3. The molecule has 0 unspecified atom stereocenters. The Bertz CT molecular complexity index is 1060. The Morgan fingerprint density at radius 2 is 2.00 bits per heavy atom. The number of hydrogen-bond acceptors (Lipinski definition) is 4. The van der Waals surface area contributed by atoms with Crippen molar-refractivity contribution < 1.29 is 4.79 Å². The van der Waals surface area contributed by atoms with Gasteiger partial charge in [-0.05, 0) is 50.1 Å². The molecule has 0 aliphatic heterocycles. The van der Waals surface area contributed by atoms with Crippen LogP contribution in [0, 0.1) is 20.8 Å². The smallest absolute Gasteiger partial charge is 0.234 e. The van der Waals surface area contributed by atoms with Gasteiger partial charge in [-0.25, -0.2) is 0 Å². The molecule has 0 aliphatic carbocycles. The molecule has 1 N–H and O–H groups in total. The van der Waals surface area contributed by atoms with Crippen molar-refractivity contribution in [1.29, 1.82) is 0 Å². The van der Waals surface area contributed by atoms with Crippen LogP contribution in [-0.2, 0) is 11.3 Å². The molecule has 1 amide bonds. The van der Waals surface area contributed by atoms with E-state index in [1.54, 1.807) is 6.08 Å².